The quantitative estimate of drug-likeness (QED) is 0.218. The van der Waals surface area contributed by atoms with Gasteiger partial charge in [-0.1, -0.05) is 54.6 Å². The number of halogens is 2. The molecule has 0 bridgehead atoms. The first kappa shape index (κ1) is 30.2. The van der Waals surface area contributed by atoms with Crippen molar-refractivity contribution in [2.24, 2.45) is 5.92 Å². The Morgan fingerprint density at radius 2 is 1.85 bits per heavy atom. The molecule has 0 aliphatic carbocycles. The van der Waals surface area contributed by atoms with Gasteiger partial charge in [0.2, 0.25) is 0 Å². The maximum absolute atomic E-state index is 9.10. The lowest BCUT2D eigenvalue weighted by atomic mass is 9.90. The molecule has 0 unspecified atom stereocenters. The number of rotatable bonds is 11. The van der Waals surface area contributed by atoms with Crippen molar-refractivity contribution < 1.29 is 29.3 Å². The number of ether oxygens (including phenoxy) is 2. The molecule has 1 heterocycles. The standard InChI is InChI=1S/C23H35Cl2NO2.C2H2O4/c1-4-5-6-12-26-13-9-19(23(17-26)28-14-10-18(2)3)11-15-27-20-7-8-21(24)22(25)16-20;3-1(4)2(5)6/h7-8,10,16,19,23H,4-6,9,11-15,17H2,1-3H3;(H,3,4)(H,5,6)/t19-,23-;/m1./s1. The van der Waals surface area contributed by atoms with Crippen LogP contribution in [0.4, 0.5) is 0 Å². The summed E-state index contributed by atoms with van der Waals surface area (Å²) >= 11 is 12.0. The average molecular weight is 518 g/mol. The van der Waals surface area contributed by atoms with Crippen LogP contribution in [0.2, 0.25) is 10.0 Å². The van der Waals surface area contributed by atoms with Crippen LogP contribution in [0.25, 0.3) is 0 Å². The van der Waals surface area contributed by atoms with Crippen molar-refractivity contribution in [1.29, 1.82) is 0 Å². The van der Waals surface area contributed by atoms with Crippen LogP contribution in [0.3, 0.4) is 0 Å². The Hall–Kier alpha value is -1.80. The topological polar surface area (TPSA) is 96.3 Å². The summed E-state index contributed by atoms with van der Waals surface area (Å²) < 4.78 is 12.2. The summed E-state index contributed by atoms with van der Waals surface area (Å²) in [5.74, 6) is -2.35. The van der Waals surface area contributed by atoms with Gasteiger partial charge in [-0.15, -0.1) is 0 Å². The summed E-state index contributed by atoms with van der Waals surface area (Å²) in [5, 5.41) is 15.9. The van der Waals surface area contributed by atoms with Crippen molar-refractivity contribution in [3.8, 4) is 5.75 Å². The third-order valence-corrected chi connectivity index (χ3v) is 6.23. The number of carboxylic acids is 2. The SMILES string of the molecule is CCCCCN1CC[C@H](CCOc2ccc(Cl)c(Cl)c2)[C@H](OCC=C(C)C)C1.O=C(O)C(=O)O. The highest BCUT2D eigenvalue weighted by Gasteiger charge is 2.29. The van der Waals surface area contributed by atoms with Crippen LogP contribution in [0.5, 0.6) is 5.75 Å². The number of carbonyl (C=O) groups is 2. The molecule has 1 saturated heterocycles. The van der Waals surface area contributed by atoms with Crippen molar-refractivity contribution in [2.75, 3.05) is 32.8 Å². The van der Waals surface area contributed by atoms with Crippen molar-refractivity contribution in [3.63, 3.8) is 0 Å². The molecule has 0 spiro atoms. The number of nitrogens with zero attached hydrogens (tertiary/aromatic N) is 1. The van der Waals surface area contributed by atoms with Gasteiger partial charge in [-0.05, 0) is 64.3 Å². The molecule has 1 fully saturated rings. The van der Waals surface area contributed by atoms with E-state index in [-0.39, 0.29) is 6.10 Å². The minimum atomic E-state index is -1.82. The molecule has 0 saturated carbocycles. The minimum absolute atomic E-state index is 0.267. The van der Waals surface area contributed by atoms with Gasteiger partial charge in [-0.3, -0.25) is 0 Å². The summed E-state index contributed by atoms with van der Waals surface area (Å²) in [6.07, 6.45) is 8.44. The first-order valence-electron chi connectivity index (χ1n) is 11.6. The first-order valence-corrected chi connectivity index (χ1v) is 12.4. The number of likely N-dealkylation sites (tertiary alicyclic amines) is 1. The maximum Gasteiger partial charge on any atom is 0.414 e. The van der Waals surface area contributed by atoms with Crippen LogP contribution in [-0.4, -0.2) is 66.0 Å². The molecule has 7 nitrogen and oxygen atoms in total. The Balaban J connectivity index is 0.000000852. The molecule has 34 heavy (non-hydrogen) atoms. The molecule has 192 valence electrons. The molecule has 0 aromatic heterocycles. The summed E-state index contributed by atoms with van der Waals surface area (Å²) in [7, 11) is 0. The zero-order valence-corrected chi connectivity index (χ0v) is 21.8. The van der Waals surface area contributed by atoms with Gasteiger partial charge < -0.3 is 24.6 Å². The molecule has 1 aliphatic heterocycles. The highest BCUT2D eigenvalue weighted by Crippen LogP contribution is 2.28. The van der Waals surface area contributed by atoms with Crippen molar-refractivity contribution in [3.05, 3.63) is 39.9 Å². The van der Waals surface area contributed by atoms with Crippen LogP contribution < -0.4 is 4.74 Å². The monoisotopic (exact) mass is 517 g/mol. The highest BCUT2D eigenvalue weighted by molar-refractivity contribution is 6.42. The third-order valence-electron chi connectivity index (χ3n) is 5.49. The predicted octanol–water partition coefficient (Wildman–Crippen LogP) is 5.78. The molecule has 1 aromatic rings. The van der Waals surface area contributed by atoms with E-state index in [1.165, 1.54) is 31.4 Å². The van der Waals surface area contributed by atoms with E-state index in [9.17, 15) is 0 Å². The van der Waals surface area contributed by atoms with Gasteiger partial charge in [0, 0.05) is 12.6 Å². The van der Waals surface area contributed by atoms with Gasteiger partial charge in [0.25, 0.3) is 0 Å². The van der Waals surface area contributed by atoms with E-state index in [0.717, 1.165) is 31.7 Å². The van der Waals surface area contributed by atoms with Crippen molar-refractivity contribution in [2.45, 2.75) is 59.0 Å². The van der Waals surface area contributed by atoms with Gasteiger partial charge in [0.05, 0.1) is 29.4 Å². The predicted molar refractivity (Wildman–Crippen MR) is 135 cm³/mol. The van der Waals surface area contributed by atoms with E-state index in [0.29, 0.717) is 29.2 Å². The lowest BCUT2D eigenvalue weighted by molar-refractivity contribution is -0.159. The summed E-state index contributed by atoms with van der Waals surface area (Å²) in [6.45, 7) is 11.2. The zero-order valence-electron chi connectivity index (χ0n) is 20.3. The van der Waals surface area contributed by atoms with Gasteiger partial charge >= 0.3 is 11.9 Å². The minimum Gasteiger partial charge on any atom is -0.494 e. The smallest absolute Gasteiger partial charge is 0.414 e. The van der Waals surface area contributed by atoms with Crippen LogP contribution in [0, 0.1) is 5.92 Å². The van der Waals surface area contributed by atoms with E-state index in [1.807, 2.05) is 6.07 Å². The fourth-order valence-corrected chi connectivity index (χ4v) is 3.86. The van der Waals surface area contributed by atoms with Gasteiger partial charge in [0.15, 0.2) is 0 Å². The van der Waals surface area contributed by atoms with Gasteiger partial charge in [-0.2, -0.15) is 0 Å². The molecular formula is C25H37Cl2NO6. The zero-order chi connectivity index (χ0) is 25.5. The number of allylic oxidation sites excluding steroid dienone is 1. The summed E-state index contributed by atoms with van der Waals surface area (Å²) in [4.78, 5) is 20.8. The molecule has 2 N–H and O–H groups in total. The number of hydrogen-bond acceptors (Lipinski definition) is 5. The number of benzene rings is 1. The Labute approximate surface area is 212 Å². The van der Waals surface area contributed by atoms with Gasteiger partial charge in [0.1, 0.15) is 5.75 Å². The van der Waals surface area contributed by atoms with E-state index in [4.69, 9.17) is 52.5 Å². The lowest BCUT2D eigenvalue weighted by Gasteiger charge is -2.38. The number of piperidine rings is 1. The van der Waals surface area contributed by atoms with Crippen LogP contribution in [0.1, 0.15) is 52.9 Å². The molecule has 0 radical (unpaired) electrons. The highest BCUT2D eigenvalue weighted by atomic mass is 35.5. The number of aliphatic carboxylic acids is 2. The maximum atomic E-state index is 9.10. The third kappa shape index (κ3) is 12.6. The molecule has 2 atom stereocenters. The Kier molecular flexibility index (Phi) is 14.9. The summed E-state index contributed by atoms with van der Waals surface area (Å²) in [6, 6.07) is 5.43. The van der Waals surface area contributed by atoms with Crippen LogP contribution >= 0.6 is 23.2 Å². The molecule has 0 amide bonds. The first-order chi connectivity index (χ1) is 16.1. The fourth-order valence-electron chi connectivity index (χ4n) is 3.57. The normalized spacial score (nSPS) is 17.9. The molecule has 1 aliphatic rings. The van der Waals surface area contributed by atoms with Gasteiger partial charge in [-0.25, -0.2) is 9.59 Å². The van der Waals surface area contributed by atoms with Crippen LogP contribution in [0.15, 0.2) is 29.8 Å². The van der Waals surface area contributed by atoms with Crippen molar-refractivity contribution in [1.82, 2.24) is 4.90 Å². The summed E-state index contributed by atoms with van der Waals surface area (Å²) in [5.41, 5.74) is 1.30. The fraction of sp³-hybridized carbons (Fsp3) is 0.600. The largest absolute Gasteiger partial charge is 0.494 e. The average Bonchev–Trinajstić information content (AvgIpc) is 2.78. The number of carboxylic acid groups (broad SMARTS) is 2. The van der Waals surface area contributed by atoms with E-state index in [2.05, 4.69) is 31.7 Å². The van der Waals surface area contributed by atoms with E-state index >= 15 is 0 Å². The van der Waals surface area contributed by atoms with Crippen molar-refractivity contribution >= 4 is 35.1 Å². The lowest BCUT2D eigenvalue weighted by Crippen LogP contribution is -2.46. The number of unbranched alkanes of at least 4 members (excludes halogenated alkanes) is 2. The second kappa shape index (κ2) is 16.8. The van der Waals surface area contributed by atoms with E-state index < -0.39 is 11.9 Å². The Morgan fingerprint density at radius 3 is 2.44 bits per heavy atom. The molecule has 2 rings (SSSR count). The second-order valence-corrected chi connectivity index (χ2v) is 9.35. The second-order valence-electron chi connectivity index (χ2n) is 8.53. The molecule has 9 heteroatoms. The Morgan fingerprint density at radius 1 is 1.15 bits per heavy atom. The molecular weight excluding hydrogens is 481 g/mol. The number of hydrogen-bond donors (Lipinski definition) is 2. The van der Waals surface area contributed by atoms with Crippen LogP contribution in [-0.2, 0) is 14.3 Å². The van der Waals surface area contributed by atoms with E-state index in [1.54, 1.807) is 12.1 Å². The Bertz CT molecular complexity index is 786. The molecule has 1 aromatic carbocycles.